The second-order valence-corrected chi connectivity index (χ2v) is 7.75. The summed E-state index contributed by atoms with van der Waals surface area (Å²) in [6.45, 7) is 6.28. The van der Waals surface area contributed by atoms with Crippen molar-refractivity contribution in [2.24, 2.45) is 0 Å². The van der Waals surface area contributed by atoms with Crippen molar-refractivity contribution < 1.29 is 13.7 Å². The topological polar surface area (TPSA) is 103 Å². The third-order valence-electron chi connectivity index (χ3n) is 5.09. The first-order chi connectivity index (χ1) is 14.9. The predicted octanol–water partition coefficient (Wildman–Crippen LogP) is 4.50. The van der Waals surface area contributed by atoms with E-state index in [9.17, 15) is 9.59 Å². The maximum Gasteiger partial charge on any atom is 0.419 e. The number of carbonyl (C=O) groups is 1. The lowest BCUT2D eigenvalue weighted by molar-refractivity contribution is -0.116. The number of oxazole rings is 1. The number of para-hydroxylation sites is 3. The zero-order chi connectivity index (χ0) is 22.0. The van der Waals surface area contributed by atoms with Gasteiger partial charge in [0, 0.05) is 18.9 Å². The number of aryl methyl sites for hydroxylation is 2. The van der Waals surface area contributed by atoms with E-state index in [4.69, 9.17) is 8.94 Å². The molecular weight excluding hydrogens is 396 g/mol. The molecule has 0 saturated carbocycles. The zero-order valence-corrected chi connectivity index (χ0v) is 17.7. The van der Waals surface area contributed by atoms with Crippen molar-refractivity contribution in [2.45, 2.75) is 46.1 Å². The molecule has 4 rings (SSSR count). The van der Waals surface area contributed by atoms with Crippen molar-refractivity contribution in [2.75, 3.05) is 5.32 Å². The van der Waals surface area contributed by atoms with Gasteiger partial charge in [-0.05, 0) is 37.1 Å². The fourth-order valence-corrected chi connectivity index (χ4v) is 3.42. The molecule has 0 saturated heterocycles. The van der Waals surface area contributed by atoms with Gasteiger partial charge in [-0.2, -0.15) is 4.98 Å². The highest BCUT2D eigenvalue weighted by molar-refractivity contribution is 5.95. The first-order valence-electron chi connectivity index (χ1n) is 10.3. The summed E-state index contributed by atoms with van der Waals surface area (Å²) in [4.78, 5) is 29.2. The van der Waals surface area contributed by atoms with Crippen LogP contribution in [0.15, 0.2) is 56.2 Å². The Hall–Kier alpha value is -3.68. The molecule has 0 spiro atoms. The highest BCUT2D eigenvalue weighted by Gasteiger charge is 2.18. The summed E-state index contributed by atoms with van der Waals surface area (Å²) in [5.41, 5.74) is 3.50. The van der Waals surface area contributed by atoms with E-state index < -0.39 is 5.76 Å². The van der Waals surface area contributed by atoms with Gasteiger partial charge in [-0.1, -0.05) is 43.3 Å². The molecule has 4 aromatic rings. The molecule has 0 atom stereocenters. The molecule has 0 unspecified atom stereocenters. The molecule has 0 bridgehead atoms. The Kier molecular flexibility index (Phi) is 5.70. The van der Waals surface area contributed by atoms with Crippen molar-refractivity contribution in [3.8, 4) is 11.5 Å². The Morgan fingerprint density at radius 2 is 1.97 bits per heavy atom. The summed E-state index contributed by atoms with van der Waals surface area (Å²) < 4.78 is 12.2. The van der Waals surface area contributed by atoms with Crippen molar-refractivity contribution in [3.63, 3.8) is 0 Å². The van der Waals surface area contributed by atoms with E-state index in [1.165, 1.54) is 0 Å². The number of amides is 1. The Morgan fingerprint density at radius 1 is 1.16 bits per heavy atom. The van der Waals surface area contributed by atoms with Gasteiger partial charge in [0.25, 0.3) is 5.89 Å². The van der Waals surface area contributed by atoms with Gasteiger partial charge in [-0.3, -0.25) is 9.36 Å². The van der Waals surface area contributed by atoms with E-state index >= 15 is 0 Å². The van der Waals surface area contributed by atoms with E-state index in [2.05, 4.69) is 15.5 Å². The first kappa shape index (κ1) is 20.6. The number of hydrogen-bond donors (Lipinski definition) is 1. The van der Waals surface area contributed by atoms with Gasteiger partial charge < -0.3 is 14.3 Å². The van der Waals surface area contributed by atoms with Gasteiger partial charge in [0.1, 0.15) is 0 Å². The van der Waals surface area contributed by atoms with Crippen LogP contribution in [0.2, 0.25) is 0 Å². The smallest absolute Gasteiger partial charge is 0.408 e. The van der Waals surface area contributed by atoms with Crippen LogP contribution in [0.25, 0.3) is 22.6 Å². The van der Waals surface area contributed by atoms with Crippen LogP contribution in [0.3, 0.4) is 0 Å². The lowest BCUT2D eigenvalue weighted by atomic mass is 10.1. The minimum absolute atomic E-state index is 0.141. The molecule has 160 valence electrons. The highest BCUT2D eigenvalue weighted by atomic mass is 16.5. The Morgan fingerprint density at radius 3 is 2.74 bits per heavy atom. The van der Waals surface area contributed by atoms with Gasteiger partial charge in [0.15, 0.2) is 11.4 Å². The summed E-state index contributed by atoms with van der Waals surface area (Å²) in [6, 6.07) is 12.9. The third-order valence-corrected chi connectivity index (χ3v) is 5.09. The molecule has 2 aromatic carbocycles. The number of benzene rings is 2. The summed E-state index contributed by atoms with van der Waals surface area (Å²) in [6.07, 6.45) is 0.745. The summed E-state index contributed by atoms with van der Waals surface area (Å²) in [5, 5.41) is 6.98. The number of carbonyl (C=O) groups excluding carboxylic acids is 1. The quantitative estimate of drug-likeness (QED) is 0.472. The van der Waals surface area contributed by atoms with Crippen LogP contribution in [-0.4, -0.2) is 20.6 Å². The lowest BCUT2D eigenvalue weighted by Crippen LogP contribution is -2.17. The number of hydrogen-bond acceptors (Lipinski definition) is 6. The number of nitrogens with one attached hydrogen (secondary N) is 1. The molecule has 8 heteroatoms. The molecule has 0 aliphatic carbocycles. The number of anilines is 1. The van der Waals surface area contributed by atoms with Crippen molar-refractivity contribution in [1.82, 2.24) is 14.7 Å². The molecular formula is C23H24N4O4. The van der Waals surface area contributed by atoms with Gasteiger partial charge >= 0.3 is 5.76 Å². The van der Waals surface area contributed by atoms with Crippen molar-refractivity contribution in [3.05, 3.63) is 64.4 Å². The summed E-state index contributed by atoms with van der Waals surface area (Å²) in [7, 11) is 0. The standard InChI is InChI=1S/C23H24N4O4/c1-14(2)21-25-22(31-26-21)16-9-6-8-15(3)20(16)24-19(28)12-7-13-27-17-10-4-5-11-18(17)30-23(27)29/h4-6,8-11,14H,7,12-13H2,1-3H3,(H,24,28). The minimum atomic E-state index is -0.417. The van der Waals surface area contributed by atoms with Crippen LogP contribution in [-0.2, 0) is 11.3 Å². The third kappa shape index (κ3) is 4.28. The maximum absolute atomic E-state index is 12.7. The molecule has 0 aliphatic rings. The molecule has 2 aromatic heterocycles. The van der Waals surface area contributed by atoms with Crippen LogP contribution in [0, 0.1) is 6.92 Å². The highest BCUT2D eigenvalue weighted by Crippen LogP contribution is 2.30. The SMILES string of the molecule is Cc1cccc(-c2nc(C(C)C)no2)c1NC(=O)CCCn1c(=O)oc2ccccc21. The number of aromatic nitrogens is 3. The fourth-order valence-electron chi connectivity index (χ4n) is 3.42. The minimum Gasteiger partial charge on any atom is -0.408 e. The van der Waals surface area contributed by atoms with Crippen LogP contribution < -0.4 is 11.1 Å². The fraction of sp³-hybridized carbons (Fsp3) is 0.304. The molecule has 2 heterocycles. The van der Waals surface area contributed by atoms with Crippen molar-refractivity contribution >= 4 is 22.7 Å². The van der Waals surface area contributed by atoms with Crippen LogP contribution in [0.1, 0.15) is 44.0 Å². The molecule has 31 heavy (non-hydrogen) atoms. The molecule has 1 amide bonds. The zero-order valence-electron chi connectivity index (χ0n) is 17.7. The molecule has 0 aliphatic heterocycles. The lowest BCUT2D eigenvalue weighted by Gasteiger charge is -2.12. The van der Waals surface area contributed by atoms with E-state index in [1.54, 1.807) is 10.6 Å². The average molecular weight is 420 g/mol. The van der Waals surface area contributed by atoms with Gasteiger partial charge in [0.2, 0.25) is 5.91 Å². The summed E-state index contributed by atoms with van der Waals surface area (Å²) >= 11 is 0. The first-order valence-corrected chi connectivity index (χ1v) is 10.3. The van der Waals surface area contributed by atoms with Crippen LogP contribution >= 0.6 is 0 Å². The van der Waals surface area contributed by atoms with Crippen LogP contribution in [0.4, 0.5) is 5.69 Å². The maximum atomic E-state index is 12.7. The molecule has 1 N–H and O–H groups in total. The largest absolute Gasteiger partial charge is 0.419 e. The number of nitrogens with zero attached hydrogens (tertiary/aromatic N) is 3. The van der Waals surface area contributed by atoms with E-state index in [1.807, 2.05) is 57.2 Å². The predicted molar refractivity (Wildman–Crippen MR) is 117 cm³/mol. The Labute approximate surface area is 178 Å². The summed E-state index contributed by atoms with van der Waals surface area (Å²) in [5.74, 6) is 0.564. The average Bonchev–Trinajstić information content (AvgIpc) is 3.35. The Balaban J connectivity index is 1.46. The second kappa shape index (κ2) is 8.59. The van der Waals surface area contributed by atoms with Gasteiger partial charge in [0.05, 0.1) is 16.8 Å². The monoisotopic (exact) mass is 420 g/mol. The van der Waals surface area contributed by atoms with Gasteiger partial charge in [-0.15, -0.1) is 0 Å². The van der Waals surface area contributed by atoms with Crippen molar-refractivity contribution in [1.29, 1.82) is 0 Å². The molecule has 0 fully saturated rings. The molecule has 0 radical (unpaired) electrons. The van der Waals surface area contributed by atoms with E-state index in [0.29, 0.717) is 41.5 Å². The van der Waals surface area contributed by atoms with E-state index in [-0.39, 0.29) is 18.2 Å². The number of rotatable bonds is 7. The Bertz CT molecular complexity index is 1280. The van der Waals surface area contributed by atoms with Crippen LogP contribution in [0.5, 0.6) is 0 Å². The normalized spacial score (nSPS) is 11.4. The second-order valence-electron chi connectivity index (χ2n) is 7.75. The number of fused-ring (bicyclic) bond motifs is 1. The molecule has 8 nitrogen and oxygen atoms in total. The van der Waals surface area contributed by atoms with Gasteiger partial charge in [-0.25, -0.2) is 4.79 Å². The van der Waals surface area contributed by atoms with E-state index in [0.717, 1.165) is 11.1 Å².